The van der Waals surface area contributed by atoms with Gasteiger partial charge in [-0.2, -0.15) is 0 Å². The zero-order valence-electron chi connectivity index (χ0n) is 13.7. The number of nitro groups is 1. The maximum absolute atomic E-state index is 10.6. The van der Waals surface area contributed by atoms with Crippen molar-refractivity contribution in [3.05, 3.63) is 58.1 Å². The molecule has 2 aromatic carbocycles. The SMILES string of the molecule is COc1cc(N)ccc1OCCCCCc1ccc([N+](=O)[O-])cc1. The Morgan fingerprint density at radius 1 is 1.04 bits per heavy atom. The van der Waals surface area contributed by atoms with Gasteiger partial charge in [0.25, 0.3) is 5.69 Å². The van der Waals surface area contributed by atoms with Gasteiger partial charge in [0.15, 0.2) is 11.5 Å². The minimum Gasteiger partial charge on any atom is -0.493 e. The number of rotatable bonds is 9. The van der Waals surface area contributed by atoms with Gasteiger partial charge in [0.05, 0.1) is 18.6 Å². The number of nitrogens with zero attached hydrogens (tertiary/aromatic N) is 1. The first-order chi connectivity index (χ1) is 11.6. The Morgan fingerprint density at radius 3 is 2.46 bits per heavy atom. The third kappa shape index (κ3) is 5.15. The zero-order valence-corrected chi connectivity index (χ0v) is 13.7. The highest BCUT2D eigenvalue weighted by atomic mass is 16.6. The summed E-state index contributed by atoms with van der Waals surface area (Å²) in [4.78, 5) is 10.2. The predicted molar refractivity (Wildman–Crippen MR) is 93.6 cm³/mol. The fourth-order valence-corrected chi connectivity index (χ4v) is 2.38. The summed E-state index contributed by atoms with van der Waals surface area (Å²) in [6.07, 6.45) is 3.87. The van der Waals surface area contributed by atoms with Gasteiger partial charge < -0.3 is 15.2 Å². The van der Waals surface area contributed by atoms with E-state index >= 15 is 0 Å². The van der Waals surface area contributed by atoms with Crippen LogP contribution >= 0.6 is 0 Å². The molecule has 0 saturated heterocycles. The maximum Gasteiger partial charge on any atom is 0.269 e. The molecule has 0 unspecified atom stereocenters. The van der Waals surface area contributed by atoms with Gasteiger partial charge in [-0.25, -0.2) is 0 Å². The Bertz CT molecular complexity index is 671. The molecule has 0 aromatic heterocycles. The normalized spacial score (nSPS) is 10.4. The molecule has 0 heterocycles. The van der Waals surface area contributed by atoms with E-state index in [1.54, 1.807) is 31.4 Å². The molecule has 0 aliphatic heterocycles. The first-order valence-electron chi connectivity index (χ1n) is 7.90. The van der Waals surface area contributed by atoms with E-state index in [-0.39, 0.29) is 10.6 Å². The Labute approximate surface area is 141 Å². The second-order valence-electron chi connectivity index (χ2n) is 5.49. The molecule has 0 fully saturated rings. The minimum atomic E-state index is -0.382. The highest BCUT2D eigenvalue weighted by Gasteiger charge is 2.05. The third-order valence-corrected chi connectivity index (χ3v) is 3.70. The molecule has 0 radical (unpaired) electrons. The van der Waals surface area contributed by atoms with Gasteiger partial charge >= 0.3 is 0 Å². The van der Waals surface area contributed by atoms with Crippen LogP contribution in [0.4, 0.5) is 11.4 Å². The summed E-state index contributed by atoms with van der Waals surface area (Å²) in [5, 5.41) is 10.6. The molecule has 6 heteroatoms. The van der Waals surface area contributed by atoms with Gasteiger partial charge in [-0.05, 0) is 43.4 Å². The fourth-order valence-electron chi connectivity index (χ4n) is 2.38. The number of nitrogen functional groups attached to an aromatic ring is 1. The average molecular weight is 330 g/mol. The molecule has 0 atom stereocenters. The lowest BCUT2D eigenvalue weighted by Gasteiger charge is -2.11. The van der Waals surface area contributed by atoms with Crippen LogP contribution in [0.5, 0.6) is 11.5 Å². The summed E-state index contributed by atoms with van der Waals surface area (Å²) in [7, 11) is 1.59. The zero-order chi connectivity index (χ0) is 17.4. The Kier molecular flexibility index (Phi) is 6.42. The molecule has 24 heavy (non-hydrogen) atoms. The van der Waals surface area contributed by atoms with E-state index in [0.717, 1.165) is 31.2 Å². The number of hydrogen-bond donors (Lipinski definition) is 1. The number of ether oxygens (including phenoxy) is 2. The van der Waals surface area contributed by atoms with Crippen molar-refractivity contribution in [1.82, 2.24) is 0 Å². The van der Waals surface area contributed by atoms with Gasteiger partial charge in [-0.3, -0.25) is 10.1 Å². The van der Waals surface area contributed by atoms with Crippen molar-refractivity contribution in [2.75, 3.05) is 19.5 Å². The van der Waals surface area contributed by atoms with Crippen LogP contribution < -0.4 is 15.2 Å². The van der Waals surface area contributed by atoms with Crippen LogP contribution in [0.15, 0.2) is 42.5 Å². The average Bonchev–Trinajstić information content (AvgIpc) is 2.59. The largest absolute Gasteiger partial charge is 0.493 e. The number of nitrogens with two attached hydrogens (primary N) is 1. The van der Waals surface area contributed by atoms with Gasteiger partial charge in [0, 0.05) is 23.9 Å². The molecule has 128 valence electrons. The molecule has 0 bridgehead atoms. The van der Waals surface area contributed by atoms with Crippen molar-refractivity contribution in [3.8, 4) is 11.5 Å². The lowest BCUT2D eigenvalue weighted by Crippen LogP contribution is -2.00. The van der Waals surface area contributed by atoms with Gasteiger partial charge in [-0.15, -0.1) is 0 Å². The Hall–Kier alpha value is -2.76. The molecule has 0 amide bonds. The van der Waals surface area contributed by atoms with Crippen molar-refractivity contribution in [2.45, 2.75) is 25.7 Å². The van der Waals surface area contributed by atoms with Crippen molar-refractivity contribution < 1.29 is 14.4 Å². The molecule has 0 spiro atoms. The first kappa shape index (κ1) is 17.6. The number of nitro benzene ring substituents is 1. The van der Waals surface area contributed by atoms with Crippen LogP contribution in [0.2, 0.25) is 0 Å². The summed E-state index contributed by atoms with van der Waals surface area (Å²) in [5.74, 6) is 1.34. The van der Waals surface area contributed by atoms with Gasteiger partial charge in [-0.1, -0.05) is 12.1 Å². The molecule has 6 nitrogen and oxygen atoms in total. The van der Waals surface area contributed by atoms with Gasteiger partial charge in [0.2, 0.25) is 0 Å². The lowest BCUT2D eigenvalue weighted by molar-refractivity contribution is -0.384. The molecule has 2 aromatic rings. The predicted octanol–water partition coefficient (Wildman–Crippen LogP) is 3.98. The van der Waals surface area contributed by atoms with Crippen LogP contribution in [0.1, 0.15) is 24.8 Å². The smallest absolute Gasteiger partial charge is 0.269 e. The van der Waals surface area contributed by atoms with Crippen LogP contribution in [-0.4, -0.2) is 18.6 Å². The molecule has 0 saturated carbocycles. The van der Waals surface area contributed by atoms with E-state index in [9.17, 15) is 10.1 Å². The lowest BCUT2D eigenvalue weighted by atomic mass is 10.1. The maximum atomic E-state index is 10.6. The summed E-state index contributed by atoms with van der Waals surface area (Å²) in [5.41, 5.74) is 7.59. The Balaban J connectivity index is 1.67. The molecular formula is C18H22N2O4. The standard InChI is InChI=1S/C18H22N2O4/c1-23-18-13-15(19)8-11-17(18)24-12-4-2-3-5-14-6-9-16(10-7-14)20(21)22/h6-11,13H,2-5,12,19H2,1H3. The number of aryl methyl sites for hydroxylation is 1. The second kappa shape index (κ2) is 8.76. The molecule has 2 N–H and O–H groups in total. The van der Waals surface area contributed by atoms with Crippen LogP contribution in [0, 0.1) is 10.1 Å². The number of benzene rings is 2. The molecule has 0 aliphatic rings. The summed E-state index contributed by atoms with van der Waals surface area (Å²) in [6, 6.07) is 12.1. The number of non-ortho nitro benzene ring substituents is 1. The van der Waals surface area contributed by atoms with E-state index in [4.69, 9.17) is 15.2 Å². The van der Waals surface area contributed by atoms with Crippen molar-refractivity contribution in [3.63, 3.8) is 0 Å². The summed E-state index contributed by atoms with van der Waals surface area (Å²) < 4.78 is 11.0. The summed E-state index contributed by atoms with van der Waals surface area (Å²) in [6.45, 7) is 0.612. The highest BCUT2D eigenvalue weighted by Crippen LogP contribution is 2.29. The molecular weight excluding hydrogens is 308 g/mol. The van der Waals surface area contributed by atoms with Crippen molar-refractivity contribution in [1.29, 1.82) is 0 Å². The number of methoxy groups -OCH3 is 1. The third-order valence-electron chi connectivity index (χ3n) is 3.70. The van der Waals surface area contributed by atoms with Crippen molar-refractivity contribution in [2.24, 2.45) is 0 Å². The van der Waals surface area contributed by atoms with E-state index < -0.39 is 0 Å². The number of hydrogen-bond acceptors (Lipinski definition) is 5. The molecule has 2 rings (SSSR count). The second-order valence-corrected chi connectivity index (χ2v) is 5.49. The fraction of sp³-hybridized carbons (Fsp3) is 0.333. The topological polar surface area (TPSA) is 87.6 Å². The Morgan fingerprint density at radius 2 is 1.79 bits per heavy atom. The minimum absolute atomic E-state index is 0.129. The number of anilines is 1. The van der Waals surface area contributed by atoms with E-state index in [2.05, 4.69) is 0 Å². The monoisotopic (exact) mass is 330 g/mol. The van der Waals surface area contributed by atoms with Crippen LogP contribution in [-0.2, 0) is 6.42 Å². The highest BCUT2D eigenvalue weighted by molar-refractivity contribution is 5.51. The quantitative estimate of drug-likeness (QED) is 0.325. The van der Waals surface area contributed by atoms with E-state index in [1.165, 1.54) is 0 Å². The van der Waals surface area contributed by atoms with Crippen molar-refractivity contribution >= 4 is 11.4 Å². The van der Waals surface area contributed by atoms with Crippen LogP contribution in [0.3, 0.4) is 0 Å². The van der Waals surface area contributed by atoms with Crippen LogP contribution in [0.25, 0.3) is 0 Å². The van der Waals surface area contributed by atoms with E-state index in [1.807, 2.05) is 18.2 Å². The van der Waals surface area contributed by atoms with Gasteiger partial charge in [0.1, 0.15) is 0 Å². The number of unbranched alkanes of at least 4 members (excludes halogenated alkanes) is 2. The summed E-state index contributed by atoms with van der Waals surface area (Å²) >= 11 is 0. The first-order valence-corrected chi connectivity index (χ1v) is 7.90. The van der Waals surface area contributed by atoms with E-state index in [0.29, 0.717) is 23.8 Å². The molecule has 0 aliphatic carbocycles.